The summed E-state index contributed by atoms with van der Waals surface area (Å²) in [7, 11) is 0. The minimum atomic E-state index is -0.246. The third-order valence-electron chi connectivity index (χ3n) is 1.73. The highest BCUT2D eigenvalue weighted by Crippen LogP contribution is 2.24. The highest BCUT2D eigenvalue weighted by atomic mass is 32.1. The molecule has 0 saturated carbocycles. The van der Waals surface area contributed by atoms with Crippen LogP contribution in [0.5, 0.6) is 0 Å². The first-order valence-electron chi connectivity index (χ1n) is 3.96. The van der Waals surface area contributed by atoms with Crippen LogP contribution >= 0.6 is 11.3 Å². The number of benzene rings is 1. The maximum Gasteiger partial charge on any atom is 0.150 e. The van der Waals surface area contributed by atoms with E-state index in [1.165, 1.54) is 17.4 Å². The van der Waals surface area contributed by atoms with Gasteiger partial charge in [-0.25, -0.2) is 9.37 Å². The topological polar surface area (TPSA) is 12.9 Å². The molecule has 66 valence electrons. The molecule has 0 N–H and O–H groups in total. The Hall–Kier alpha value is -1.22. The van der Waals surface area contributed by atoms with Crippen molar-refractivity contribution >= 4 is 21.6 Å². The second kappa shape index (κ2) is 3.26. The monoisotopic (exact) mass is 193 g/mol. The van der Waals surface area contributed by atoms with Crippen LogP contribution in [0.25, 0.3) is 10.2 Å². The fourth-order valence-corrected chi connectivity index (χ4v) is 2.15. The van der Waals surface area contributed by atoms with Crippen molar-refractivity contribution in [3.63, 3.8) is 0 Å². The zero-order valence-electron chi connectivity index (χ0n) is 6.96. The van der Waals surface area contributed by atoms with Gasteiger partial charge in [-0.2, -0.15) is 0 Å². The largest absolute Gasteiger partial charge is 0.238 e. The Morgan fingerprint density at radius 1 is 1.54 bits per heavy atom. The molecular formula is C10H8FNS. The second-order valence-corrected chi connectivity index (χ2v) is 3.80. The standard InChI is InChI=1S/C10H8FNS/c1-2-4-9-12-10-7(11)5-3-6-8(10)13-9/h2-3,5-6H,1,4H2. The Labute approximate surface area is 79.5 Å². The summed E-state index contributed by atoms with van der Waals surface area (Å²) in [5.74, 6) is -0.246. The summed E-state index contributed by atoms with van der Waals surface area (Å²) in [6.45, 7) is 3.62. The van der Waals surface area contributed by atoms with E-state index in [0.29, 0.717) is 11.9 Å². The lowest BCUT2D eigenvalue weighted by atomic mass is 10.3. The molecule has 1 aromatic heterocycles. The van der Waals surface area contributed by atoms with Gasteiger partial charge in [0, 0.05) is 6.42 Å². The van der Waals surface area contributed by atoms with Crippen molar-refractivity contribution in [3.05, 3.63) is 41.7 Å². The fraction of sp³-hybridized carbons (Fsp3) is 0.100. The van der Waals surface area contributed by atoms with Crippen LogP contribution in [0, 0.1) is 5.82 Å². The van der Waals surface area contributed by atoms with Gasteiger partial charge in [0.2, 0.25) is 0 Å². The van der Waals surface area contributed by atoms with Crippen LogP contribution in [0.1, 0.15) is 5.01 Å². The number of para-hydroxylation sites is 1. The molecule has 0 fully saturated rings. The van der Waals surface area contributed by atoms with Gasteiger partial charge in [-0.05, 0) is 12.1 Å². The molecule has 0 unspecified atom stereocenters. The van der Waals surface area contributed by atoms with Crippen molar-refractivity contribution in [2.45, 2.75) is 6.42 Å². The highest BCUT2D eigenvalue weighted by Gasteiger charge is 2.05. The number of allylic oxidation sites excluding steroid dienone is 1. The highest BCUT2D eigenvalue weighted by molar-refractivity contribution is 7.18. The van der Waals surface area contributed by atoms with Crippen molar-refractivity contribution in [2.75, 3.05) is 0 Å². The molecule has 0 aliphatic rings. The molecule has 0 atom stereocenters. The van der Waals surface area contributed by atoms with Crippen LogP contribution in [0.15, 0.2) is 30.9 Å². The van der Waals surface area contributed by atoms with Gasteiger partial charge in [0.05, 0.1) is 9.71 Å². The number of nitrogens with zero attached hydrogens (tertiary/aromatic N) is 1. The lowest BCUT2D eigenvalue weighted by molar-refractivity contribution is 0.637. The summed E-state index contributed by atoms with van der Waals surface area (Å²) >= 11 is 1.51. The van der Waals surface area contributed by atoms with Gasteiger partial charge in [-0.1, -0.05) is 12.1 Å². The molecule has 0 bridgehead atoms. The molecule has 1 heterocycles. The molecule has 1 nitrogen and oxygen atoms in total. The maximum absolute atomic E-state index is 13.2. The zero-order chi connectivity index (χ0) is 9.26. The molecule has 0 spiro atoms. The number of fused-ring (bicyclic) bond motifs is 1. The Balaban J connectivity index is 2.61. The SMILES string of the molecule is C=CCc1nc2c(F)cccc2s1. The predicted molar refractivity (Wildman–Crippen MR) is 53.5 cm³/mol. The summed E-state index contributed by atoms with van der Waals surface area (Å²) in [6.07, 6.45) is 2.48. The van der Waals surface area contributed by atoms with Gasteiger partial charge < -0.3 is 0 Å². The molecule has 0 aliphatic carbocycles. The number of rotatable bonds is 2. The van der Waals surface area contributed by atoms with Crippen molar-refractivity contribution < 1.29 is 4.39 Å². The minimum Gasteiger partial charge on any atom is -0.238 e. The van der Waals surface area contributed by atoms with E-state index in [4.69, 9.17) is 0 Å². The smallest absolute Gasteiger partial charge is 0.150 e. The molecule has 2 aromatic rings. The van der Waals surface area contributed by atoms with E-state index < -0.39 is 0 Å². The third kappa shape index (κ3) is 1.47. The van der Waals surface area contributed by atoms with Crippen molar-refractivity contribution in [3.8, 4) is 0 Å². The second-order valence-electron chi connectivity index (χ2n) is 2.69. The lowest BCUT2D eigenvalue weighted by Gasteiger charge is -1.86. The Morgan fingerprint density at radius 2 is 2.38 bits per heavy atom. The first-order valence-corrected chi connectivity index (χ1v) is 4.78. The van der Waals surface area contributed by atoms with Gasteiger partial charge in [-0.3, -0.25) is 0 Å². The summed E-state index contributed by atoms with van der Waals surface area (Å²) in [5, 5.41) is 0.912. The average molecular weight is 193 g/mol. The third-order valence-corrected chi connectivity index (χ3v) is 2.78. The zero-order valence-corrected chi connectivity index (χ0v) is 7.77. The summed E-state index contributed by atoms with van der Waals surface area (Å²) in [6, 6.07) is 5.01. The molecule has 0 aliphatic heterocycles. The number of thiazole rings is 1. The summed E-state index contributed by atoms with van der Waals surface area (Å²) < 4.78 is 14.1. The maximum atomic E-state index is 13.2. The van der Waals surface area contributed by atoms with Crippen molar-refractivity contribution in [2.24, 2.45) is 0 Å². The Morgan fingerprint density at radius 3 is 3.08 bits per heavy atom. The van der Waals surface area contributed by atoms with Gasteiger partial charge in [-0.15, -0.1) is 17.9 Å². The van der Waals surface area contributed by atoms with Crippen LogP contribution in [0.4, 0.5) is 4.39 Å². The quantitative estimate of drug-likeness (QED) is 0.667. The molecule has 0 saturated heterocycles. The first-order chi connectivity index (χ1) is 6.31. The van der Waals surface area contributed by atoms with E-state index in [2.05, 4.69) is 11.6 Å². The molecule has 0 amide bonds. The number of hydrogen-bond donors (Lipinski definition) is 0. The van der Waals surface area contributed by atoms with Crippen LogP contribution in [-0.2, 0) is 6.42 Å². The summed E-state index contributed by atoms with van der Waals surface area (Å²) in [5.41, 5.74) is 0.476. The summed E-state index contributed by atoms with van der Waals surface area (Å²) in [4.78, 5) is 4.17. The van der Waals surface area contributed by atoms with Gasteiger partial charge in [0.15, 0.2) is 0 Å². The van der Waals surface area contributed by atoms with Crippen LogP contribution in [-0.4, -0.2) is 4.98 Å². The fourth-order valence-electron chi connectivity index (χ4n) is 1.17. The molecule has 3 heteroatoms. The van der Waals surface area contributed by atoms with Gasteiger partial charge >= 0.3 is 0 Å². The van der Waals surface area contributed by atoms with E-state index in [1.54, 1.807) is 12.1 Å². The molecule has 2 rings (SSSR count). The molecule has 1 aromatic carbocycles. The number of hydrogen-bond acceptors (Lipinski definition) is 2. The van der Waals surface area contributed by atoms with Crippen LogP contribution in [0.2, 0.25) is 0 Å². The molecule has 0 radical (unpaired) electrons. The first kappa shape index (κ1) is 8.38. The van der Waals surface area contributed by atoms with Crippen LogP contribution < -0.4 is 0 Å². The van der Waals surface area contributed by atoms with Gasteiger partial charge in [0.25, 0.3) is 0 Å². The number of halogens is 1. The number of aromatic nitrogens is 1. The average Bonchev–Trinajstić information content (AvgIpc) is 2.49. The van der Waals surface area contributed by atoms with E-state index in [1.807, 2.05) is 6.07 Å². The van der Waals surface area contributed by atoms with Crippen molar-refractivity contribution in [1.82, 2.24) is 4.98 Å². The predicted octanol–water partition coefficient (Wildman–Crippen LogP) is 3.16. The van der Waals surface area contributed by atoms with E-state index in [-0.39, 0.29) is 5.82 Å². The molecule has 13 heavy (non-hydrogen) atoms. The van der Waals surface area contributed by atoms with Crippen LogP contribution in [0.3, 0.4) is 0 Å². The van der Waals surface area contributed by atoms with Gasteiger partial charge in [0.1, 0.15) is 11.3 Å². The van der Waals surface area contributed by atoms with E-state index in [0.717, 1.165) is 9.71 Å². The van der Waals surface area contributed by atoms with Crippen molar-refractivity contribution in [1.29, 1.82) is 0 Å². The molecular weight excluding hydrogens is 185 g/mol. The lowest BCUT2D eigenvalue weighted by Crippen LogP contribution is -1.79. The normalized spacial score (nSPS) is 10.5. The Bertz CT molecular complexity index is 447. The van der Waals surface area contributed by atoms with E-state index >= 15 is 0 Å². The Kier molecular flexibility index (Phi) is 2.10. The van der Waals surface area contributed by atoms with E-state index in [9.17, 15) is 4.39 Å². The minimum absolute atomic E-state index is 0.246.